The first-order valence-corrected chi connectivity index (χ1v) is 11.4. The molecule has 1 aliphatic rings. The quantitative estimate of drug-likeness (QED) is 0.558. The number of esters is 1. The molecule has 1 aromatic heterocycles. The highest BCUT2D eigenvalue weighted by molar-refractivity contribution is 5.82. The number of nitrogens with one attached hydrogen (secondary N) is 1. The molecular formula is C26H33N3O2. The van der Waals surface area contributed by atoms with Crippen LogP contribution in [0.25, 0.3) is 11.0 Å². The highest BCUT2D eigenvalue weighted by atomic mass is 16.5. The molecule has 0 saturated carbocycles. The van der Waals surface area contributed by atoms with E-state index in [1.807, 2.05) is 26.8 Å². The van der Waals surface area contributed by atoms with Crippen molar-refractivity contribution < 1.29 is 9.53 Å². The van der Waals surface area contributed by atoms with Crippen LogP contribution in [-0.4, -0.2) is 47.1 Å². The molecule has 0 amide bonds. The number of imidazole rings is 1. The van der Waals surface area contributed by atoms with E-state index < -0.39 is 5.41 Å². The van der Waals surface area contributed by atoms with Gasteiger partial charge < -0.3 is 14.6 Å². The van der Waals surface area contributed by atoms with Crippen molar-refractivity contribution in [2.24, 2.45) is 0 Å². The van der Waals surface area contributed by atoms with E-state index >= 15 is 0 Å². The van der Waals surface area contributed by atoms with Gasteiger partial charge in [0.2, 0.25) is 0 Å². The number of likely N-dealkylation sites (tertiary alicyclic amines) is 1. The minimum atomic E-state index is -0.618. The Balaban J connectivity index is 1.28. The molecule has 0 atom stereocenters. The molecular weight excluding hydrogens is 386 g/mol. The molecule has 0 radical (unpaired) electrons. The van der Waals surface area contributed by atoms with Crippen molar-refractivity contribution in [2.75, 3.05) is 26.2 Å². The molecule has 4 rings (SSSR count). The first-order chi connectivity index (χ1) is 15.0. The van der Waals surface area contributed by atoms with Crippen molar-refractivity contribution in [3.05, 3.63) is 65.5 Å². The molecule has 0 unspecified atom stereocenters. The smallest absolute Gasteiger partial charge is 0.315 e. The SMILES string of the molecule is CCOC(=O)C(C)(C)c1ccc(CCN2CCC(c3nc4ccccc4[nH]3)CC2)cc1. The number of rotatable bonds is 7. The number of carbonyl (C=O) groups is 1. The van der Waals surface area contributed by atoms with Gasteiger partial charge in [0.1, 0.15) is 5.82 Å². The first-order valence-electron chi connectivity index (χ1n) is 11.4. The molecule has 2 aromatic carbocycles. The fourth-order valence-electron chi connectivity index (χ4n) is 4.40. The van der Waals surface area contributed by atoms with Crippen molar-refractivity contribution in [3.63, 3.8) is 0 Å². The number of nitrogens with zero attached hydrogens (tertiary/aromatic N) is 2. The summed E-state index contributed by atoms with van der Waals surface area (Å²) in [4.78, 5) is 23.1. The zero-order valence-corrected chi connectivity index (χ0v) is 18.9. The van der Waals surface area contributed by atoms with Gasteiger partial charge in [-0.05, 0) is 76.4 Å². The van der Waals surface area contributed by atoms with Gasteiger partial charge in [0.05, 0.1) is 23.1 Å². The second kappa shape index (κ2) is 9.23. The van der Waals surface area contributed by atoms with Crippen molar-refractivity contribution in [3.8, 4) is 0 Å². The summed E-state index contributed by atoms with van der Waals surface area (Å²) < 4.78 is 5.22. The summed E-state index contributed by atoms with van der Waals surface area (Å²) in [7, 11) is 0. The van der Waals surface area contributed by atoms with Gasteiger partial charge in [0, 0.05) is 12.5 Å². The van der Waals surface area contributed by atoms with E-state index in [4.69, 9.17) is 9.72 Å². The standard InChI is InChI=1S/C26H33N3O2/c1-4-31-25(30)26(2,3)21-11-9-19(10-12-21)13-16-29-17-14-20(15-18-29)24-27-22-7-5-6-8-23(22)28-24/h5-12,20H,4,13-18H2,1-3H3,(H,27,28). The zero-order valence-electron chi connectivity index (χ0n) is 18.9. The molecule has 1 fully saturated rings. The number of hydrogen-bond acceptors (Lipinski definition) is 4. The summed E-state index contributed by atoms with van der Waals surface area (Å²) in [5, 5.41) is 0. The molecule has 1 N–H and O–H groups in total. The van der Waals surface area contributed by atoms with Crippen molar-refractivity contribution in [1.29, 1.82) is 0 Å². The lowest BCUT2D eigenvalue weighted by atomic mass is 9.84. The maximum Gasteiger partial charge on any atom is 0.315 e. The summed E-state index contributed by atoms with van der Waals surface area (Å²) >= 11 is 0. The van der Waals surface area contributed by atoms with Crippen LogP contribution in [0.15, 0.2) is 48.5 Å². The second-order valence-electron chi connectivity index (χ2n) is 9.05. The Labute approximate surface area is 184 Å². The number of aromatic nitrogens is 2. The normalized spacial score (nSPS) is 16.0. The largest absolute Gasteiger partial charge is 0.465 e. The van der Waals surface area contributed by atoms with Gasteiger partial charge in [-0.2, -0.15) is 0 Å². The molecule has 0 spiro atoms. The van der Waals surface area contributed by atoms with Crippen molar-refractivity contribution in [2.45, 2.75) is 51.4 Å². The molecule has 164 valence electrons. The Bertz CT molecular complexity index is 982. The minimum absolute atomic E-state index is 0.171. The van der Waals surface area contributed by atoms with Gasteiger partial charge in [-0.3, -0.25) is 4.79 Å². The Hall–Kier alpha value is -2.66. The van der Waals surface area contributed by atoms with E-state index in [1.165, 1.54) is 5.56 Å². The van der Waals surface area contributed by atoms with Crippen LogP contribution >= 0.6 is 0 Å². The van der Waals surface area contributed by atoms with Crippen LogP contribution in [0.2, 0.25) is 0 Å². The van der Waals surface area contributed by atoms with E-state index in [0.29, 0.717) is 12.5 Å². The van der Waals surface area contributed by atoms with E-state index in [2.05, 4.69) is 52.3 Å². The van der Waals surface area contributed by atoms with Crippen LogP contribution in [0, 0.1) is 0 Å². The van der Waals surface area contributed by atoms with E-state index in [0.717, 1.165) is 61.3 Å². The first kappa shape index (κ1) is 21.6. The fourth-order valence-corrected chi connectivity index (χ4v) is 4.40. The van der Waals surface area contributed by atoms with Crippen LogP contribution in [0.1, 0.15) is 56.5 Å². The number of benzene rings is 2. The second-order valence-corrected chi connectivity index (χ2v) is 9.05. The van der Waals surface area contributed by atoms with Gasteiger partial charge >= 0.3 is 5.97 Å². The summed E-state index contributed by atoms with van der Waals surface area (Å²) in [6.07, 6.45) is 3.31. The third kappa shape index (κ3) is 4.82. The number of carbonyl (C=O) groups excluding carboxylic acids is 1. The number of fused-ring (bicyclic) bond motifs is 1. The highest BCUT2D eigenvalue weighted by Gasteiger charge is 2.31. The molecule has 1 aliphatic heterocycles. The van der Waals surface area contributed by atoms with Gasteiger partial charge in [0.25, 0.3) is 0 Å². The average molecular weight is 420 g/mol. The monoisotopic (exact) mass is 419 g/mol. The predicted octanol–water partition coefficient (Wildman–Crippen LogP) is 4.83. The number of para-hydroxylation sites is 2. The summed E-state index contributed by atoms with van der Waals surface area (Å²) in [5.41, 5.74) is 3.89. The molecule has 3 aromatic rings. The maximum atomic E-state index is 12.2. The maximum absolute atomic E-state index is 12.2. The van der Waals surface area contributed by atoms with E-state index in [-0.39, 0.29) is 5.97 Å². The number of piperidine rings is 1. The lowest BCUT2D eigenvalue weighted by Crippen LogP contribution is -2.34. The zero-order chi connectivity index (χ0) is 21.8. The Morgan fingerprint density at radius 1 is 1.13 bits per heavy atom. The van der Waals surface area contributed by atoms with Crippen LogP contribution in [0.4, 0.5) is 0 Å². The van der Waals surface area contributed by atoms with Gasteiger partial charge in [-0.15, -0.1) is 0 Å². The Kier molecular flexibility index (Phi) is 6.42. The average Bonchev–Trinajstić information content (AvgIpc) is 3.23. The summed E-state index contributed by atoms with van der Waals surface area (Å²) in [5.74, 6) is 1.49. The number of hydrogen-bond donors (Lipinski definition) is 1. The fraction of sp³-hybridized carbons (Fsp3) is 0.462. The van der Waals surface area contributed by atoms with Crippen molar-refractivity contribution >= 4 is 17.0 Å². The molecule has 1 saturated heterocycles. The Morgan fingerprint density at radius 3 is 2.52 bits per heavy atom. The predicted molar refractivity (Wildman–Crippen MR) is 124 cm³/mol. The minimum Gasteiger partial charge on any atom is -0.465 e. The molecule has 5 nitrogen and oxygen atoms in total. The molecule has 31 heavy (non-hydrogen) atoms. The van der Waals surface area contributed by atoms with Crippen LogP contribution in [-0.2, 0) is 21.4 Å². The molecule has 2 heterocycles. The number of ether oxygens (including phenoxy) is 1. The summed E-state index contributed by atoms with van der Waals surface area (Å²) in [6, 6.07) is 16.7. The van der Waals surface area contributed by atoms with Gasteiger partial charge in [-0.25, -0.2) is 4.98 Å². The van der Waals surface area contributed by atoms with Crippen LogP contribution in [0.5, 0.6) is 0 Å². The Morgan fingerprint density at radius 2 is 1.84 bits per heavy atom. The van der Waals surface area contributed by atoms with Gasteiger partial charge in [-0.1, -0.05) is 36.4 Å². The van der Waals surface area contributed by atoms with Crippen molar-refractivity contribution in [1.82, 2.24) is 14.9 Å². The third-order valence-electron chi connectivity index (χ3n) is 6.56. The lowest BCUT2D eigenvalue weighted by molar-refractivity contribution is -0.148. The highest BCUT2D eigenvalue weighted by Crippen LogP contribution is 2.28. The topological polar surface area (TPSA) is 58.2 Å². The molecule has 0 bridgehead atoms. The van der Waals surface area contributed by atoms with Crippen LogP contribution < -0.4 is 0 Å². The van der Waals surface area contributed by atoms with Gasteiger partial charge in [0.15, 0.2) is 0 Å². The molecule has 5 heteroatoms. The number of aromatic amines is 1. The molecule has 0 aliphatic carbocycles. The number of H-pyrrole nitrogens is 1. The summed E-state index contributed by atoms with van der Waals surface area (Å²) in [6.45, 7) is 9.38. The lowest BCUT2D eigenvalue weighted by Gasteiger charge is -2.31. The van der Waals surface area contributed by atoms with E-state index in [1.54, 1.807) is 0 Å². The van der Waals surface area contributed by atoms with Crippen LogP contribution in [0.3, 0.4) is 0 Å². The van der Waals surface area contributed by atoms with E-state index in [9.17, 15) is 4.79 Å². The third-order valence-corrected chi connectivity index (χ3v) is 6.56.